The zero-order valence-electron chi connectivity index (χ0n) is 17.7. The Hall–Kier alpha value is -1.57. The number of carbonyl (C=O) groups is 1. The number of nitrogens with zero attached hydrogens (tertiary/aromatic N) is 1. The van der Waals surface area contributed by atoms with Crippen LogP contribution in [0.1, 0.15) is 25.7 Å². The number of pyridine rings is 1. The van der Waals surface area contributed by atoms with Gasteiger partial charge in [0.05, 0.1) is 26.7 Å². The highest BCUT2D eigenvalue weighted by Gasteiger charge is 2.22. The minimum Gasteiger partial charge on any atom is -0.384 e. The third kappa shape index (κ3) is 5.86. The number of anilines is 2. The number of hydrogen-bond acceptors (Lipinski definition) is 5. The molecular formula is C23H27Cl3N4O2. The summed E-state index contributed by atoms with van der Waals surface area (Å²) in [7, 11) is 0. The number of halogens is 3. The molecule has 1 aromatic carbocycles. The average molecular weight is 498 g/mol. The van der Waals surface area contributed by atoms with Crippen molar-refractivity contribution in [2.24, 2.45) is 11.8 Å². The maximum Gasteiger partial charge on any atom is 0.229 e. The van der Waals surface area contributed by atoms with Crippen molar-refractivity contribution >= 4 is 52.2 Å². The highest BCUT2D eigenvalue weighted by molar-refractivity contribution is 6.39. The second-order valence-electron chi connectivity index (χ2n) is 8.33. The fraction of sp³-hybridized carbons (Fsp3) is 0.478. The lowest BCUT2D eigenvalue weighted by molar-refractivity contribution is -0.120. The molecule has 0 unspecified atom stereocenters. The van der Waals surface area contributed by atoms with Gasteiger partial charge in [0, 0.05) is 43.6 Å². The van der Waals surface area contributed by atoms with Crippen molar-refractivity contribution in [2.75, 3.05) is 43.5 Å². The van der Waals surface area contributed by atoms with Crippen LogP contribution in [0.15, 0.2) is 24.4 Å². The maximum atomic E-state index is 12.6. The predicted octanol–water partition coefficient (Wildman–Crippen LogP) is 5.49. The third-order valence-electron chi connectivity index (χ3n) is 6.04. The Balaban J connectivity index is 1.53. The van der Waals surface area contributed by atoms with Crippen molar-refractivity contribution in [3.05, 3.63) is 39.5 Å². The Morgan fingerprint density at radius 1 is 1.06 bits per heavy atom. The van der Waals surface area contributed by atoms with Gasteiger partial charge in [-0.25, -0.2) is 4.98 Å². The normalized spacial score (nSPS) is 19.5. The summed E-state index contributed by atoms with van der Waals surface area (Å²) >= 11 is 19.5. The van der Waals surface area contributed by atoms with Crippen LogP contribution in [-0.2, 0) is 9.53 Å². The molecule has 0 saturated carbocycles. The SMILES string of the molecule is O=C(Nc1cc(-c2cc(NCC3CCOCC3)c(Cl)cc2Cl)c(Cl)cn1)[C@@H]1CCCNC1. The summed E-state index contributed by atoms with van der Waals surface area (Å²) < 4.78 is 5.43. The van der Waals surface area contributed by atoms with Crippen LogP contribution >= 0.6 is 34.8 Å². The van der Waals surface area contributed by atoms with E-state index in [9.17, 15) is 4.79 Å². The first-order valence-corrected chi connectivity index (χ1v) is 12.1. The lowest BCUT2D eigenvalue weighted by Gasteiger charge is -2.23. The van der Waals surface area contributed by atoms with Gasteiger partial charge in [-0.05, 0) is 56.3 Å². The smallest absolute Gasteiger partial charge is 0.229 e. The van der Waals surface area contributed by atoms with Crippen LogP contribution < -0.4 is 16.0 Å². The van der Waals surface area contributed by atoms with Crippen LogP contribution in [0.5, 0.6) is 0 Å². The highest BCUT2D eigenvalue weighted by atomic mass is 35.5. The number of rotatable bonds is 6. The van der Waals surface area contributed by atoms with E-state index < -0.39 is 0 Å². The monoisotopic (exact) mass is 496 g/mol. The van der Waals surface area contributed by atoms with Crippen LogP contribution in [0.2, 0.25) is 15.1 Å². The first-order chi connectivity index (χ1) is 15.5. The van der Waals surface area contributed by atoms with Crippen LogP contribution in [-0.4, -0.2) is 43.7 Å². The standard InChI is InChI=1S/C23H27Cl3N4O2/c24-18-10-19(25)21(28-11-14-3-6-32-7-4-14)8-16(18)17-9-22(29-13-20(17)26)30-23(31)15-2-1-5-27-12-15/h8-10,13-15,27-28H,1-7,11-12H2,(H,29,30,31)/t15-/m1/s1. The minimum absolute atomic E-state index is 0.0426. The maximum absolute atomic E-state index is 12.6. The lowest BCUT2D eigenvalue weighted by Crippen LogP contribution is -2.37. The molecule has 1 aromatic heterocycles. The number of amides is 1. The molecule has 32 heavy (non-hydrogen) atoms. The Morgan fingerprint density at radius 2 is 1.84 bits per heavy atom. The largest absolute Gasteiger partial charge is 0.384 e. The van der Waals surface area contributed by atoms with E-state index in [1.54, 1.807) is 12.1 Å². The van der Waals surface area contributed by atoms with Gasteiger partial charge in [-0.1, -0.05) is 34.8 Å². The number of hydrogen-bond donors (Lipinski definition) is 3. The lowest BCUT2D eigenvalue weighted by atomic mass is 9.99. The molecule has 0 aliphatic carbocycles. The van der Waals surface area contributed by atoms with Gasteiger partial charge in [0.2, 0.25) is 5.91 Å². The molecule has 2 aliphatic heterocycles. The number of carbonyl (C=O) groups excluding carboxylic acids is 1. The van der Waals surface area contributed by atoms with E-state index in [-0.39, 0.29) is 11.8 Å². The topological polar surface area (TPSA) is 75.3 Å². The van der Waals surface area contributed by atoms with E-state index in [0.29, 0.717) is 38.9 Å². The van der Waals surface area contributed by atoms with Gasteiger partial charge in [0.1, 0.15) is 5.82 Å². The van der Waals surface area contributed by atoms with Crippen molar-refractivity contribution < 1.29 is 9.53 Å². The number of nitrogens with one attached hydrogen (secondary N) is 3. The Bertz CT molecular complexity index is 960. The van der Waals surface area contributed by atoms with Gasteiger partial charge in [-0.15, -0.1) is 0 Å². The summed E-state index contributed by atoms with van der Waals surface area (Å²) in [4.78, 5) is 16.9. The minimum atomic E-state index is -0.0650. The van der Waals surface area contributed by atoms with Gasteiger partial charge in [-0.3, -0.25) is 4.79 Å². The van der Waals surface area contributed by atoms with E-state index in [1.807, 2.05) is 6.07 Å². The molecule has 172 valence electrons. The summed E-state index contributed by atoms with van der Waals surface area (Å²) in [6.07, 6.45) is 5.44. The van der Waals surface area contributed by atoms with Gasteiger partial charge in [-0.2, -0.15) is 0 Å². The van der Waals surface area contributed by atoms with Gasteiger partial charge in [0.15, 0.2) is 0 Å². The molecule has 0 radical (unpaired) electrons. The molecule has 3 N–H and O–H groups in total. The predicted molar refractivity (Wildman–Crippen MR) is 131 cm³/mol. The van der Waals surface area contributed by atoms with E-state index in [1.165, 1.54) is 6.20 Å². The van der Waals surface area contributed by atoms with Crippen molar-refractivity contribution in [3.8, 4) is 11.1 Å². The summed E-state index contributed by atoms with van der Waals surface area (Å²) in [6, 6.07) is 5.38. The van der Waals surface area contributed by atoms with Crippen molar-refractivity contribution in [1.29, 1.82) is 0 Å². The zero-order chi connectivity index (χ0) is 22.5. The molecule has 1 atom stereocenters. The Labute approximate surface area is 203 Å². The third-order valence-corrected chi connectivity index (χ3v) is 6.97. The number of ether oxygens (including phenoxy) is 1. The van der Waals surface area contributed by atoms with Crippen molar-refractivity contribution in [1.82, 2.24) is 10.3 Å². The van der Waals surface area contributed by atoms with E-state index in [0.717, 1.165) is 63.2 Å². The number of aromatic nitrogens is 1. The second-order valence-corrected chi connectivity index (χ2v) is 9.55. The average Bonchev–Trinajstić information content (AvgIpc) is 2.81. The fourth-order valence-corrected chi connectivity index (χ4v) is 4.87. The van der Waals surface area contributed by atoms with Crippen molar-refractivity contribution in [3.63, 3.8) is 0 Å². The molecule has 4 rings (SSSR count). The zero-order valence-corrected chi connectivity index (χ0v) is 20.0. The van der Waals surface area contributed by atoms with Gasteiger partial charge < -0.3 is 20.7 Å². The Kier molecular flexibility index (Phi) is 8.13. The summed E-state index contributed by atoms with van der Waals surface area (Å²) in [5, 5.41) is 11.1. The fourth-order valence-electron chi connectivity index (χ4n) is 4.11. The highest BCUT2D eigenvalue weighted by Crippen LogP contribution is 2.39. The second kappa shape index (κ2) is 11.0. The molecule has 2 aromatic rings. The molecule has 9 heteroatoms. The van der Waals surface area contributed by atoms with Crippen LogP contribution in [0, 0.1) is 11.8 Å². The molecule has 2 fully saturated rings. The summed E-state index contributed by atoms with van der Waals surface area (Å²) in [5.74, 6) is 0.881. The van der Waals surface area contributed by atoms with Gasteiger partial charge >= 0.3 is 0 Å². The van der Waals surface area contributed by atoms with Gasteiger partial charge in [0.25, 0.3) is 0 Å². The molecule has 1 amide bonds. The summed E-state index contributed by atoms with van der Waals surface area (Å²) in [6.45, 7) is 4.03. The van der Waals surface area contributed by atoms with E-state index in [4.69, 9.17) is 39.5 Å². The molecule has 2 aliphatic rings. The molecule has 2 saturated heterocycles. The van der Waals surface area contributed by atoms with Crippen LogP contribution in [0.25, 0.3) is 11.1 Å². The van der Waals surface area contributed by atoms with Crippen molar-refractivity contribution in [2.45, 2.75) is 25.7 Å². The quantitative estimate of drug-likeness (QED) is 0.492. The number of piperidine rings is 1. The molecular weight excluding hydrogens is 471 g/mol. The first kappa shape index (κ1) is 23.6. The summed E-state index contributed by atoms with van der Waals surface area (Å²) in [5.41, 5.74) is 2.21. The van der Waals surface area contributed by atoms with Crippen LogP contribution in [0.4, 0.5) is 11.5 Å². The van der Waals surface area contributed by atoms with E-state index >= 15 is 0 Å². The first-order valence-electron chi connectivity index (χ1n) is 11.0. The van der Waals surface area contributed by atoms with E-state index in [2.05, 4.69) is 20.9 Å². The van der Waals surface area contributed by atoms with Crippen LogP contribution in [0.3, 0.4) is 0 Å². The number of benzene rings is 1. The molecule has 3 heterocycles. The molecule has 0 spiro atoms. The Morgan fingerprint density at radius 3 is 2.59 bits per heavy atom. The molecule has 6 nitrogen and oxygen atoms in total. The molecule has 0 bridgehead atoms.